The zero-order chi connectivity index (χ0) is 22.7. The number of aliphatic carboxylic acids is 1. The van der Waals surface area contributed by atoms with Gasteiger partial charge in [0.1, 0.15) is 12.6 Å². The van der Waals surface area contributed by atoms with Gasteiger partial charge < -0.3 is 15.2 Å². The van der Waals surface area contributed by atoms with Crippen molar-refractivity contribution in [2.75, 3.05) is 6.61 Å². The van der Waals surface area contributed by atoms with Crippen molar-refractivity contribution >= 4 is 23.7 Å². The SMILES string of the molecule is Cc1cccc(CC[C@@H](NC(=O)OCC2c3ccccc3-c3ccccc32)C(=O)O)c1Cl. The van der Waals surface area contributed by atoms with Gasteiger partial charge in [-0.3, -0.25) is 0 Å². The summed E-state index contributed by atoms with van der Waals surface area (Å²) < 4.78 is 5.48. The fourth-order valence-electron chi connectivity index (χ4n) is 4.24. The first-order valence-corrected chi connectivity index (χ1v) is 10.9. The molecule has 0 bridgehead atoms. The second-order valence-corrected chi connectivity index (χ2v) is 8.33. The average Bonchev–Trinajstić information content (AvgIpc) is 3.11. The summed E-state index contributed by atoms with van der Waals surface area (Å²) >= 11 is 6.31. The van der Waals surface area contributed by atoms with Crippen molar-refractivity contribution in [1.29, 1.82) is 0 Å². The van der Waals surface area contributed by atoms with Crippen molar-refractivity contribution < 1.29 is 19.4 Å². The number of hydrogen-bond acceptors (Lipinski definition) is 3. The van der Waals surface area contributed by atoms with Crippen molar-refractivity contribution in [3.63, 3.8) is 0 Å². The minimum Gasteiger partial charge on any atom is -0.480 e. The Morgan fingerprint density at radius 1 is 1.00 bits per heavy atom. The lowest BCUT2D eigenvalue weighted by Crippen LogP contribution is -2.41. The Labute approximate surface area is 192 Å². The summed E-state index contributed by atoms with van der Waals surface area (Å²) in [6.07, 6.45) is -0.0984. The molecule has 3 aromatic rings. The van der Waals surface area contributed by atoms with Crippen molar-refractivity contribution in [1.82, 2.24) is 5.32 Å². The minimum absolute atomic E-state index is 0.0810. The third kappa shape index (κ3) is 4.48. The van der Waals surface area contributed by atoms with Crippen LogP contribution in [0.4, 0.5) is 4.79 Å². The molecular weight excluding hydrogens is 426 g/mol. The van der Waals surface area contributed by atoms with E-state index in [1.165, 1.54) is 0 Å². The summed E-state index contributed by atoms with van der Waals surface area (Å²) in [6.45, 7) is 2.03. The molecule has 0 aliphatic heterocycles. The second-order valence-electron chi connectivity index (χ2n) is 7.95. The molecule has 0 fully saturated rings. The predicted molar refractivity (Wildman–Crippen MR) is 124 cm³/mol. The Bertz CT molecular complexity index is 1110. The van der Waals surface area contributed by atoms with E-state index in [0.29, 0.717) is 11.4 Å². The van der Waals surface area contributed by atoms with Crippen LogP contribution in [0, 0.1) is 6.92 Å². The highest BCUT2D eigenvalue weighted by molar-refractivity contribution is 6.32. The summed E-state index contributed by atoms with van der Waals surface area (Å²) in [7, 11) is 0. The average molecular weight is 450 g/mol. The molecule has 3 aromatic carbocycles. The lowest BCUT2D eigenvalue weighted by molar-refractivity contribution is -0.139. The van der Waals surface area contributed by atoms with Crippen LogP contribution in [-0.2, 0) is 16.0 Å². The number of nitrogens with one attached hydrogen (secondary N) is 1. The number of rotatable bonds is 7. The lowest BCUT2D eigenvalue weighted by Gasteiger charge is -2.18. The third-order valence-corrected chi connectivity index (χ3v) is 6.45. The van der Waals surface area contributed by atoms with E-state index in [0.717, 1.165) is 33.4 Å². The van der Waals surface area contributed by atoms with Gasteiger partial charge in [-0.2, -0.15) is 0 Å². The van der Waals surface area contributed by atoms with Gasteiger partial charge in [-0.05, 0) is 53.1 Å². The predicted octanol–water partition coefficient (Wildman–Crippen LogP) is 5.57. The Kier molecular flexibility index (Phi) is 6.47. The number of alkyl carbamates (subject to hydrolysis) is 1. The highest BCUT2D eigenvalue weighted by atomic mass is 35.5. The first-order valence-electron chi connectivity index (χ1n) is 10.5. The smallest absolute Gasteiger partial charge is 0.407 e. The topological polar surface area (TPSA) is 75.6 Å². The summed E-state index contributed by atoms with van der Waals surface area (Å²) in [4.78, 5) is 24.1. The van der Waals surface area contributed by atoms with Gasteiger partial charge in [0, 0.05) is 10.9 Å². The molecule has 4 rings (SSSR count). The minimum atomic E-state index is -1.11. The largest absolute Gasteiger partial charge is 0.480 e. The maximum Gasteiger partial charge on any atom is 0.407 e. The van der Waals surface area contributed by atoms with Gasteiger partial charge in [0.05, 0.1) is 0 Å². The van der Waals surface area contributed by atoms with Crippen LogP contribution in [0.3, 0.4) is 0 Å². The van der Waals surface area contributed by atoms with Crippen LogP contribution in [0.15, 0.2) is 66.7 Å². The van der Waals surface area contributed by atoms with Crippen LogP contribution in [0.25, 0.3) is 11.1 Å². The van der Waals surface area contributed by atoms with Crippen LogP contribution in [0.2, 0.25) is 5.02 Å². The number of ether oxygens (including phenoxy) is 1. The Hall–Kier alpha value is -3.31. The Morgan fingerprint density at radius 3 is 2.25 bits per heavy atom. The fraction of sp³-hybridized carbons (Fsp3) is 0.231. The van der Waals surface area contributed by atoms with Crippen molar-refractivity contribution in [3.05, 3.63) is 94.0 Å². The maximum absolute atomic E-state index is 12.4. The first kappa shape index (κ1) is 21.9. The molecule has 0 radical (unpaired) electrons. The fourth-order valence-corrected chi connectivity index (χ4v) is 4.46. The zero-order valence-corrected chi connectivity index (χ0v) is 18.4. The molecule has 1 aliphatic carbocycles. The van der Waals surface area contributed by atoms with Crippen LogP contribution >= 0.6 is 11.6 Å². The standard InChI is InChI=1S/C26H24ClNO4/c1-16-7-6-8-17(24(16)27)13-14-23(25(29)30)28-26(31)32-15-22-20-11-4-2-9-18(20)19-10-3-5-12-21(19)22/h2-12,22-23H,13-15H2,1H3,(H,28,31)(H,29,30)/t23-/m1/s1. The number of fused-ring (bicyclic) bond motifs is 3. The van der Waals surface area contributed by atoms with Gasteiger partial charge in [-0.15, -0.1) is 0 Å². The highest BCUT2D eigenvalue weighted by Gasteiger charge is 2.29. The van der Waals surface area contributed by atoms with E-state index in [1.54, 1.807) is 0 Å². The number of carbonyl (C=O) groups is 2. The van der Waals surface area contributed by atoms with Crippen molar-refractivity contribution in [2.45, 2.75) is 31.7 Å². The number of carboxylic acids is 1. The number of carboxylic acid groups (broad SMARTS) is 1. The molecule has 0 saturated carbocycles. The van der Waals surface area contributed by atoms with Gasteiger partial charge >= 0.3 is 12.1 Å². The van der Waals surface area contributed by atoms with Crippen molar-refractivity contribution in [3.8, 4) is 11.1 Å². The summed E-state index contributed by atoms with van der Waals surface area (Å²) in [5.74, 6) is -1.19. The van der Waals surface area contributed by atoms with Crippen LogP contribution in [0.1, 0.15) is 34.6 Å². The molecule has 0 spiro atoms. The third-order valence-electron chi connectivity index (χ3n) is 5.91. The van der Waals surface area contributed by atoms with E-state index in [4.69, 9.17) is 16.3 Å². The van der Waals surface area contributed by atoms with Gasteiger partial charge in [0.15, 0.2) is 0 Å². The maximum atomic E-state index is 12.4. The van der Waals surface area contributed by atoms with E-state index in [2.05, 4.69) is 17.4 Å². The first-order chi connectivity index (χ1) is 15.5. The molecule has 164 valence electrons. The summed E-state index contributed by atoms with van der Waals surface area (Å²) in [6, 6.07) is 20.7. The van der Waals surface area contributed by atoms with E-state index >= 15 is 0 Å². The highest BCUT2D eigenvalue weighted by Crippen LogP contribution is 2.44. The molecule has 0 aromatic heterocycles. The van der Waals surface area contributed by atoms with Crippen LogP contribution < -0.4 is 5.32 Å². The molecular formula is C26H24ClNO4. The Balaban J connectivity index is 1.39. The van der Waals surface area contributed by atoms with Crippen LogP contribution in [-0.4, -0.2) is 29.8 Å². The van der Waals surface area contributed by atoms with E-state index in [-0.39, 0.29) is 18.9 Å². The van der Waals surface area contributed by atoms with Gasteiger partial charge in [0.25, 0.3) is 0 Å². The van der Waals surface area contributed by atoms with Gasteiger partial charge in [-0.1, -0.05) is 78.3 Å². The molecule has 0 saturated heterocycles. The van der Waals surface area contributed by atoms with E-state index in [9.17, 15) is 14.7 Å². The molecule has 2 N–H and O–H groups in total. The van der Waals surface area contributed by atoms with E-state index in [1.807, 2.05) is 61.5 Å². The van der Waals surface area contributed by atoms with Crippen molar-refractivity contribution in [2.24, 2.45) is 0 Å². The molecule has 1 amide bonds. The molecule has 32 heavy (non-hydrogen) atoms. The summed E-state index contributed by atoms with van der Waals surface area (Å²) in [5.41, 5.74) is 6.26. The number of benzene rings is 3. The zero-order valence-electron chi connectivity index (χ0n) is 17.7. The molecule has 6 heteroatoms. The second kappa shape index (κ2) is 9.45. The lowest BCUT2D eigenvalue weighted by atomic mass is 9.98. The van der Waals surface area contributed by atoms with Gasteiger partial charge in [0.2, 0.25) is 0 Å². The number of halogens is 1. The number of aryl methyl sites for hydroxylation is 2. The molecule has 0 unspecified atom stereocenters. The number of hydrogen-bond donors (Lipinski definition) is 2. The molecule has 0 heterocycles. The normalized spacial score (nSPS) is 13.2. The monoisotopic (exact) mass is 449 g/mol. The van der Waals surface area contributed by atoms with Crippen LogP contribution in [0.5, 0.6) is 0 Å². The molecule has 1 aliphatic rings. The number of carbonyl (C=O) groups excluding carboxylic acids is 1. The van der Waals surface area contributed by atoms with Gasteiger partial charge in [-0.25, -0.2) is 9.59 Å². The Morgan fingerprint density at radius 2 is 1.62 bits per heavy atom. The summed E-state index contributed by atoms with van der Waals surface area (Å²) in [5, 5.41) is 12.7. The molecule has 5 nitrogen and oxygen atoms in total. The van der Waals surface area contributed by atoms with E-state index < -0.39 is 18.1 Å². The molecule has 1 atom stereocenters. The number of amides is 1. The quantitative estimate of drug-likeness (QED) is 0.494.